The zero-order valence-corrected chi connectivity index (χ0v) is 16.3. The van der Waals surface area contributed by atoms with Crippen LogP contribution < -0.4 is 16.3 Å². The molecule has 144 valence electrons. The topological polar surface area (TPSA) is 97.1 Å². The number of carbonyl (C=O) groups is 1. The molecular weight excluding hydrogens is 412 g/mol. The van der Waals surface area contributed by atoms with E-state index in [2.05, 4.69) is 20.8 Å². The van der Waals surface area contributed by atoms with Gasteiger partial charge in [-0.3, -0.25) is 10.1 Å². The maximum atomic E-state index is 12.5. The van der Waals surface area contributed by atoms with Gasteiger partial charge in [-0.15, -0.1) is 10.2 Å². The monoisotopic (exact) mass is 424 g/mol. The van der Waals surface area contributed by atoms with E-state index < -0.39 is 11.5 Å². The van der Waals surface area contributed by atoms with E-state index in [1.807, 2.05) is 48.5 Å². The lowest BCUT2D eigenvalue weighted by Gasteiger charge is -2.06. The van der Waals surface area contributed by atoms with Crippen LogP contribution in [-0.4, -0.2) is 16.1 Å². The summed E-state index contributed by atoms with van der Waals surface area (Å²) in [7, 11) is 0. The number of benzene rings is 2. The fourth-order valence-electron chi connectivity index (χ4n) is 2.53. The van der Waals surface area contributed by atoms with E-state index in [0.717, 1.165) is 17.0 Å². The van der Waals surface area contributed by atoms with Crippen molar-refractivity contribution in [2.45, 2.75) is 0 Å². The van der Waals surface area contributed by atoms with Gasteiger partial charge in [0.1, 0.15) is 0 Å². The van der Waals surface area contributed by atoms with Gasteiger partial charge in [0.2, 0.25) is 5.13 Å². The Balaban J connectivity index is 1.53. The Labute approximate surface area is 174 Å². The SMILES string of the molecule is O=C(Nc1nnc(-c2ccccc2Cl)s1)c1cc(Nc2ccccc2)cc(=O)o1. The molecule has 9 heteroatoms. The van der Waals surface area contributed by atoms with Gasteiger partial charge in [-0.25, -0.2) is 4.79 Å². The highest BCUT2D eigenvalue weighted by molar-refractivity contribution is 7.18. The first-order valence-electron chi connectivity index (χ1n) is 8.45. The standard InChI is InChI=1S/C20H13ClN4O3S/c21-15-9-5-4-8-14(15)19-24-25-20(29-19)23-18(27)16-10-13(11-17(26)28-16)22-12-6-2-1-3-7-12/h1-11,22H,(H,23,25,27). The molecule has 0 saturated carbocycles. The van der Waals surface area contributed by atoms with Gasteiger partial charge in [-0.1, -0.05) is 59.3 Å². The van der Waals surface area contributed by atoms with Crippen LogP contribution in [0.1, 0.15) is 10.6 Å². The summed E-state index contributed by atoms with van der Waals surface area (Å²) in [5, 5.41) is 15.0. The van der Waals surface area contributed by atoms with Crippen molar-refractivity contribution in [2.24, 2.45) is 0 Å². The summed E-state index contributed by atoms with van der Waals surface area (Å²) in [5.74, 6) is -0.758. The predicted molar refractivity (Wildman–Crippen MR) is 113 cm³/mol. The van der Waals surface area contributed by atoms with Crippen molar-refractivity contribution in [3.8, 4) is 10.6 Å². The third-order valence-corrected chi connectivity index (χ3v) is 5.01. The number of anilines is 3. The number of carbonyl (C=O) groups excluding carboxylic acids is 1. The number of para-hydroxylation sites is 1. The fraction of sp³-hybridized carbons (Fsp3) is 0. The summed E-state index contributed by atoms with van der Waals surface area (Å²) < 4.78 is 5.03. The maximum absolute atomic E-state index is 12.5. The first-order chi connectivity index (χ1) is 14.1. The Morgan fingerprint density at radius 1 is 0.966 bits per heavy atom. The van der Waals surface area contributed by atoms with Crippen LogP contribution in [0.15, 0.2) is 75.9 Å². The van der Waals surface area contributed by atoms with Gasteiger partial charge in [0.15, 0.2) is 10.8 Å². The van der Waals surface area contributed by atoms with Crippen molar-refractivity contribution in [1.29, 1.82) is 0 Å². The van der Waals surface area contributed by atoms with Crippen molar-refractivity contribution in [3.63, 3.8) is 0 Å². The van der Waals surface area contributed by atoms with Gasteiger partial charge in [0, 0.05) is 29.1 Å². The maximum Gasteiger partial charge on any atom is 0.338 e. The number of hydrogen-bond acceptors (Lipinski definition) is 7. The lowest BCUT2D eigenvalue weighted by molar-refractivity contribution is 0.0992. The molecule has 0 aliphatic carbocycles. The molecule has 0 bridgehead atoms. The van der Waals surface area contributed by atoms with E-state index in [0.29, 0.717) is 21.3 Å². The molecule has 0 fully saturated rings. The van der Waals surface area contributed by atoms with Crippen molar-refractivity contribution >= 4 is 45.4 Å². The second kappa shape index (κ2) is 8.26. The predicted octanol–water partition coefficient (Wildman–Crippen LogP) is 4.81. The number of aromatic nitrogens is 2. The van der Waals surface area contributed by atoms with Gasteiger partial charge < -0.3 is 9.73 Å². The van der Waals surface area contributed by atoms with Crippen LogP contribution >= 0.6 is 22.9 Å². The van der Waals surface area contributed by atoms with Crippen LogP contribution in [0.4, 0.5) is 16.5 Å². The molecular formula is C20H13ClN4O3S. The first kappa shape index (κ1) is 18.9. The Bertz CT molecular complexity index is 1220. The zero-order valence-electron chi connectivity index (χ0n) is 14.8. The number of amides is 1. The molecule has 2 heterocycles. The number of nitrogens with one attached hydrogen (secondary N) is 2. The van der Waals surface area contributed by atoms with Crippen LogP contribution in [0.25, 0.3) is 10.6 Å². The lowest BCUT2D eigenvalue weighted by Crippen LogP contribution is -2.15. The highest BCUT2D eigenvalue weighted by Gasteiger charge is 2.16. The Morgan fingerprint density at radius 2 is 1.72 bits per heavy atom. The molecule has 0 aliphatic rings. The molecule has 0 aliphatic heterocycles. The summed E-state index contributed by atoms with van der Waals surface area (Å²) in [6.45, 7) is 0. The minimum atomic E-state index is -0.648. The second-order valence-corrected chi connectivity index (χ2v) is 7.25. The fourth-order valence-corrected chi connectivity index (χ4v) is 3.58. The summed E-state index contributed by atoms with van der Waals surface area (Å²) in [5.41, 5.74) is 1.28. The largest absolute Gasteiger partial charge is 0.417 e. The zero-order chi connectivity index (χ0) is 20.2. The van der Waals surface area contributed by atoms with E-state index in [4.69, 9.17) is 16.0 Å². The highest BCUT2D eigenvalue weighted by atomic mass is 35.5. The van der Waals surface area contributed by atoms with Gasteiger partial charge in [0.25, 0.3) is 5.91 Å². The van der Waals surface area contributed by atoms with Crippen LogP contribution in [-0.2, 0) is 0 Å². The van der Waals surface area contributed by atoms with Crippen LogP contribution in [0, 0.1) is 0 Å². The highest BCUT2D eigenvalue weighted by Crippen LogP contribution is 2.31. The number of hydrogen-bond donors (Lipinski definition) is 2. The quantitative estimate of drug-likeness (QED) is 0.477. The van der Waals surface area contributed by atoms with E-state index in [-0.39, 0.29) is 10.9 Å². The summed E-state index contributed by atoms with van der Waals surface area (Å²) >= 11 is 7.33. The third kappa shape index (κ3) is 4.50. The average molecular weight is 425 g/mol. The molecule has 4 aromatic rings. The van der Waals surface area contributed by atoms with Gasteiger partial charge >= 0.3 is 5.63 Å². The molecule has 2 N–H and O–H groups in total. The third-order valence-electron chi connectivity index (χ3n) is 3.81. The van der Waals surface area contributed by atoms with Gasteiger partial charge in [-0.2, -0.15) is 0 Å². The Kier molecular flexibility index (Phi) is 5.37. The Hall–Kier alpha value is -3.49. The molecule has 0 unspecified atom stereocenters. The summed E-state index contributed by atoms with van der Waals surface area (Å²) in [6, 6.07) is 19.2. The normalized spacial score (nSPS) is 10.5. The van der Waals surface area contributed by atoms with Crippen LogP contribution in [0.5, 0.6) is 0 Å². The number of rotatable bonds is 5. The van der Waals surface area contributed by atoms with E-state index >= 15 is 0 Å². The number of halogens is 1. The minimum absolute atomic E-state index is 0.148. The lowest BCUT2D eigenvalue weighted by atomic mass is 10.2. The average Bonchev–Trinajstić information content (AvgIpc) is 3.17. The second-order valence-electron chi connectivity index (χ2n) is 5.87. The molecule has 0 saturated heterocycles. The Morgan fingerprint density at radius 3 is 2.52 bits per heavy atom. The molecule has 1 amide bonds. The first-order valence-corrected chi connectivity index (χ1v) is 9.65. The van der Waals surface area contributed by atoms with Crippen molar-refractivity contribution in [2.75, 3.05) is 10.6 Å². The summed E-state index contributed by atoms with van der Waals surface area (Å²) in [6.07, 6.45) is 0. The van der Waals surface area contributed by atoms with E-state index in [1.54, 1.807) is 6.07 Å². The molecule has 0 spiro atoms. The van der Waals surface area contributed by atoms with Crippen molar-refractivity contribution in [3.05, 3.63) is 87.9 Å². The van der Waals surface area contributed by atoms with Gasteiger partial charge in [0.05, 0.1) is 5.02 Å². The minimum Gasteiger partial charge on any atom is -0.417 e. The van der Waals surface area contributed by atoms with E-state index in [9.17, 15) is 9.59 Å². The van der Waals surface area contributed by atoms with E-state index in [1.165, 1.54) is 12.1 Å². The molecule has 29 heavy (non-hydrogen) atoms. The molecule has 0 radical (unpaired) electrons. The molecule has 2 aromatic heterocycles. The molecule has 2 aromatic carbocycles. The summed E-state index contributed by atoms with van der Waals surface area (Å²) in [4.78, 5) is 24.4. The van der Waals surface area contributed by atoms with Crippen LogP contribution in [0.2, 0.25) is 5.02 Å². The molecule has 7 nitrogen and oxygen atoms in total. The van der Waals surface area contributed by atoms with Crippen molar-refractivity contribution in [1.82, 2.24) is 10.2 Å². The van der Waals surface area contributed by atoms with Crippen LogP contribution in [0.3, 0.4) is 0 Å². The smallest absolute Gasteiger partial charge is 0.338 e. The molecule has 0 atom stereocenters. The number of nitrogens with zero attached hydrogens (tertiary/aromatic N) is 2. The van der Waals surface area contributed by atoms with Crippen molar-refractivity contribution < 1.29 is 9.21 Å². The van der Waals surface area contributed by atoms with Gasteiger partial charge in [-0.05, 0) is 18.2 Å². The molecule has 4 rings (SSSR count).